The number of unbranched alkanes of at least 4 members (excludes halogenated alkanes) is 1. The number of hydrogen-bond donors (Lipinski definition) is 1. The molecule has 0 saturated carbocycles. The molecule has 0 amide bonds. The minimum Gasteiger partial charge on any atom is -0.345 e. The van der Waals surface area contributed by atoms with Crippen molar-refractivity contribution in [3.8, 4) is 0 Å². The largest absolute Gasteiger partial charge is 0.345 e. The fourth-order valence-electron chi connectivity index (χ4n) is 3.83. The minimum absolute atomic E-state index is 0.111. The van der Waals surface area contributed by atoms with E-state index >= 15 is 0 Å². The first kappa shape index (κ1) is 23.8. The van der Waals surface area contributed by atoms with E-state index in [1.807, 2.05) is 65.0 Å². The van der Waals surface area contributed by atoms with Gasteiger partial charge in [-0.05, 0) is 46.6 Å². The molecule has 30 heavy (non-hydrogen) atoms. The molecular formula is C23H37NO5S. The van der Waals surface area contributed by atoms with Crippen molar-refractivity contribution in [2.24, 2.45) is 0 Å². The smallest absolute Gasteiger partial charge is 0.187 e. The number of fused-ring (bicyclic) bond motifs is 1. The highest BCUT2D eigenvalue weighted by molar-refractivity contribution is 7.84. The van der Waals surface area contributed by atoms with Crippen molar-refractivity contribution in [3.05, 3.63) is 35.9 Å². The summed E-state index contributed by atoms with van der Waals surface area (Å²) in [6.07, 6.45) is 1.50. The normalized spacial score (nSPS) is 30.2. The Morgan fingerprint density at radius 2 is 1.83 bits per heavy atom. The molecule has 0 bridgehead atoms. The van der Waals surface area contributed by atoms with Crippen LogP contribution >= 0.6 is 0 Å². The van der Waals surface area contributed by atoms with Crippen LogP contribution in [0.1, 0.15) is 66.4 Å². The monoisotopic (exact) mass is 439 g/mol. The summed E-state index contributed by atoms with van der Waals surface area (Å²) in [7, 11) is -1.21. The van der Waals surface area contributed by atoms with Gasteiger partial charge in [0.25, 0.3) is 0 Å². The van der Waals surface area contributed by atoms with Crippen LogP contribution in [0.3, 0.4) is 0 Å². The van der Waals surface area contributed by atoms with Gasteiger partial charge in [-0.3, -0.25) is 0 Å². The van der Waals surface area contributed by atoms with Gasteiger partial charge in [0.05, 0.1) is 22.3 Å². The van der Waals surface area contributed by atoms with E-state index in [0.29, 0.717) is 6.61 Å². The Hall–Kier alpha value is -0.830. The van der Waals surface area contributed by atoms with Crippen molar-refractivity contribution in [2.45, 2.75) is 109 Å². The maximum Gasteiger partial charge on any atom is 0.187 e. The standard InChI is InChI=1S/C23H37NO5S/c1-7-8-14-17(24-30(25)22(2,3)4)18-19-20(29-23(5,6)28-19)21(27-18)26-15-16-12-10-9-11-13-16/h9-13,17-21,24H,7-8,14-15H2,1-6H3/t17-,18+,19-,20-,21-,30?/m1/s1. The summed E-state index contributed by atoms with van der Waals surface area (Å²) in [5, 5.41) is 0. The zero-order chi connectivity index (χ0) is 21.9. The summed E-state index contributed by atoms with van der Waals surface area (Å²) in [4.78, 5) is 0. The Bertz CT molecular complexity index is 705. The second-order valence-corrected chi connectivity index (χ2v) is 11.6. The quantitative estimate of drug-likeness (QED) is 0.629. The molecule has 1 N–H and O–H groups in total. The van der Waals surface area contributed by atoms with Crippen molar-refractivity contribution in [3.63, 3.8) is 0 Å². The summed E-state index contributed by atoms with van der Waals surface area (Å²) in [6.45, 7) is 12.3. The lowest BCUT2D eigenvalue weighted by molar-refractivity contribution is -0.238. The van der Waals surface area contributed by atoms with Crippen LogP contribution in [-0.4, -0.2) is 45.4 Å². The van der Waals surface area contributed by atoms with Crippen LogP contribution in [0.4, 0.5) is 0 Å². The summed E-state index contributed by atoms with van der Waals surface area (Å²) < 4.78 is 40.7. The van der Waals surface area contributed by atoms with Crippen molar-refractivity contribution in [1.82, 2.24) is 4.72 Å². The van der Waals surface area contributed by atoms with Crippen LogP contribution < -0.4 is 4.72 Å². The summed E-state index contributed by atoms with van der Waals surface area (Å²) in [5.41, 5.74) is 1.08. The van der Waals surface area contributed by atoms with Gasteiger partial charge < -0.3 is 18.9 Å². The van der Waals surface area contributed by atoms with Gasteiger partial charge in [-0.2, -0.15) is 0 Å². The van der Waals surface area contributed by atoms with E-state index in [1.54, 1.807) is 0 Å². The molecule has 2 aliphatic heterocycles. The van der Waals surface area contributed by atoms with Crippen molar-refractivity contribution < 1.29 is 23.2 Å². The molecule has 170 valence electrons. The molecule has 2 saturated heterocycles. The van der Waals surface area contributed by atoms with Gasteiger partial charge in [0.1, 0.15) is 18.3 Å². The highest BCUT2D eigenvalue weighted by Gasteiger charge is 2.57. The molecule has 0 spiro atoms. The fourth-order valence-corrected chi connectivity index (χ4v) is 4.71. The van der Waals surface area contributed by atoms with Crippen molar-refractivity contribution in [2.75, 3.05) is 0 Å². The molecule has 2 fully saturated rings. The van der Waals surface area contributed by atoms with E-state index in [2.05, 4.69) is 11.6 Å². The maximum atomic E-state index is 12.8. The van der Waals surface area contributed by atoms with Crippen LogP contribution in [-0.2, 0) is 36.5 Å². The summed E-state index contributed by atoms with van der Waals surface area (Å²) in [6, 6.07) is 9.91. The first-order valence-corrected chi connectivity index (χ1v) is 12.1. The third-order valence-electron chi connectivity index (χ3n) is 5.38. The van der Waals surface area contributed by atoms with E-state index in [4.69, 9.17) is 18.9 Å². The Morgan fingerprint density at radius 3 is 2.47 bits per heavy atom. The minimum atomic E-state index is -1.21. The molecule has 7 heteroatoms. The SMILES string of the molecule is CCCC[C@@H](NS(=O)C(C)(C)C)[C@@H]1O[C@@H](OCc2ccccc2)[C@@H]2OC(C)(C)O[C@H]12. The lowest BCUT2D eigenvalue weighted by Crippen LogP contribution is -2.50. The van der Waals surface area contributed by atoms with Crippen LogP contribution in [0.15, 0.2) is 30.3 Å². The van der Waals surface area contributed by atoms with E-state index in [9.17, 15) is 4.21 Å². The van der Waals surface area contributed by atoms with Gasteiger partial charge in [0.15, 0.2) is 12.1 Å². The predicted molar refractivity (Wildman–Crippen MR) is 118 cm³/mol. The molecule has 0 aromatic heterocycles. The third kappa shape index (κ3) is 5.90. The Morgan fingerprint density at radius 1 is 1.17 bits per heavy atom. The molecule has 1 aromatic carbocycles. The summed E-state index contributed by atoms with van der Waals surface area (Å²) in [5.74, 6) is -0.704. The number of ether oxygens (including phenoxy) is 4. The summed E-state index contributed by atoms with van der Waals surface area (Å²) >= 11 is 0. The molecule has 3 rings (SSSR count). The van der Waals surface area contributed by atoms with E-state index in [-0.39, 0.29) is 29.1 Å². The van der Waals surface area contributed by atoms with Crippen LogP contribution in [0.25, 0.3) is 0 Å². The highest BCUT2D eigenvalue weighted by atomic mass is 32.2. The van der Waals surface area contributed by atoms with E-state index < -0.39 is 23.1 Å². The van der Waals surface area contributed by atoms with Crippen LogP contribution in [0.5, 0.6) is 0 Å². The van der Waals surface area contributed by atoms with Crippen LogP contribution in [0.2, 0.25) is 0 Å². The lowest BCUT2D eigenvalue weighted by Gasteiger charge is -2.31. The molecular weight excluding hydrogens is 402 g/mol. The van der Waals surface area contributed by atoms with E-state index in [0.717, 1.165) is 24.8 Å². The van der Waals surface area contributed by atoms with Crippen molar-refractivity contribution in [1.29, 1.82) is 0 Å². The number of nitrogens with one attached hydrogen (secondary N) is 1. The van der Waals surface area contributed by atoms with Gasteiger partial charge in [0, 0.05) is 6.04 Å². The molecule has 0 radical (unpaired) electrons. The topological polar surface area (TPSA) is 66.0 Å². The Kier molecular flexibility index (Phi) is 7.75. The predicted octanol–water partition coefficient (Wildman–Crippen LogP) is 4.06. The molecule has 6 atom stereocenters. The van der Waals surface area contributed by atoms with Gasteiger partial charge in [-0.15, -0.1) is 0 Å². The lowest BCUT2D eigenvalue weighted by atomic mass is 10.00. The number of benzene rings is 1. The second kappa shape index (κ2) is 9.76. The van der Waals surface area contributed by atoms with Gasteiger partial charge >= 0.3 is 0 Å². The third-order valence-corrected chi connectivity index (χ3v) is 7.01. The molecule has 2 aliphatic rings. The average molecular weight is 440 g/mol. The zero-order valence-electron chi connectivity index (χ0n) is 19.1. The first-order chi connectivity index (χ1) is 14.1. The zero-order valence-corrected chi connectivity index (χ0v) is 19.9. The van der Waals surface area contributed by atoms with Gasteiger partial charge in [-0.25, -0.2) is 8.93 Å². The van der Waals surface area contributed by atoms with E-state index in [1.165, 1.54) is 0 Å². The number of rotatable bonds is 9. The van der Waals surface area contributed by atoms with Gasteiger partial charge in [-0.1, -0.05) is 50.1 Å². The van der Waals surface area contributed by atoms with Crippen LogP contribution in [0, 0.1) is 0 Å². The highest BCUT2D eigenvalue weighted by Crippen LogP contribution is 2.41. The Labute approximate surface area is 183 Å². The van der Waals surface area contributed by atoms with Crippen molar-refractivity contribution >= 4 is 11.0 Å². The molecule has 6 nitrogen and oxygen atoms in total. The molecule has 1 unspecified atom stereocenters. The molecule has 1 aromatic rings. The maximum absolute atomic E-state index is 12.8. The number of hydrogen-bond acceptors (Lipinski definition) is 5. The fraction of sp³-hybridized carbons (Fsp3) is 0.739. The molecule has 2 heterocycles. The molecule has 0 aliphatic carbocycles. The average Bonchev–Trinajstić information content (AvgIpc) is 3.16. The van der Waals surface area contributed by atoms with Gasteiger partial charge in [0.2, 0.25) is 0 Å². The first-order valence-electron chi connectivity index (χ1n) is 11.0. The second-order valence-electron chi connectivity index (χ2n) is 9.58. The Balaban J connectivity index is 1.76.